The van der Waals surface area contributed by atoms with E-state index in [4.69, 9.17) is 0 Å². The molecule has 2 aromatic heterocycles. The normalized spacial score (nSPS) is 12.2. The van der Waals surface area contributed by atoms with Crippen molar-refractivity contribution in [3.8, 4) is 0 Å². The lowest BCUT2D eigenvalue weighted by Gasteiger charge is -2.14. The van der Waals surface area contributed by atoms with Gasteiger partial charge in [-0.25, -0.2) is 13.4 Å². The summed E-state index contributed by atoms with van der Waals surface area (Å²) in [5.41, 5.74) is 0.729. The molecule has 0 saturated carbocycles. The van der Waals surface area contributed by atoms with Crippen LogP contribution in [0.2, 0.25) is 0 Å². The largest absolute Gasteiger partial charge is 0.339 e. The number of hydrogen-bond donors (Lipinski definition) is 1. The zero-order valence-corrected chi connectivity index (χ0v) is 10.3. The Balaban J connectivity index is 2.21. The molecule has 0 unspecified atom stereocenters. The number of sulfonamides is 1. The van der Waals surface area contributed by atoms with Crippen molar-refractivity contribution < 1.29 is 8.42 Å². The van der Waals surface area contributed by atoms with Crippen LogP contribution in [0.4, 0.5) is 0 Å². The van der Waals surface area contributed by atoms with Gasteiger partial charge in [0.25, 0.3) is 10.0 Å². The SMILES string of the molecule is CN(Cc1ccn[nH]1)S(=O)(=O)c1cn(C)cn1. The number of H-pyrrole nitrogens is 1. The lowest BCUT2D eigenvalue weighted by Crippen LogP contribution is -2.27. The molecule has 0 aliphatic carbocycles. The lowest BCUT2D eigenvalue weighted by molar-refractivity contribution is 0.459. The molecule has 1 N–H and O–H groups in total. The number of aromatic amines is 1. The fourth-order valence-corrected chi connectivity index (χ4v) is 2.49. The number of aryl methyl sites for hydroxylation is 1. The second kappa shape index (κ2) is 4.30. The van der Waals surface area contributed by atoms with Gasteiger partial charge in [-0.1, -0.05) is 0 Å². The number of aromatic nitrogens is 4. The van der Waals surface area contributed by atoms with Crippen molar-refractivity contribution in [3.05, 3.63) is 30.5 Å². The summed E-state index contributed by atoms with van der Waals surface area (Å²) in [7, 11) is -0.313. The third kappa shape index (κ3) is 2.37. The Hall–Kier alpha value is -1.67. The molecule has 17 heavy (non-hydrogen) atoms. The average molecular weight is 255 g/mol. The fraction of sp³-hybridized carbons (Fsp3) is 0.333. The maximum atomic E-state index is 12.1. The van der Waals surface area contributed by atoms with Gasteiger partial charge in [-0.05, 0) is 6.07 Å². The molecular formula is C9H13N5O2S. The molecule has 0 amide bonds. The first-order valence-corrected chi connectivity index (χ1v) is 6.36. The summed E-state index contributed by atoms with van der Waals surface area (Å²) < 4.78 is 27.0. The maximum Gasteiger partial charge on any atom is 0.262 e. The molecular weight excluding hydrogens is 242 g/mol. The van der Waals surface area contributed by atoms with E-state index in [1.807, 2.05) is 0 Å². The Labute approximate surface area is 99.1 Å². The molecule has 0 aliphatic rings. The third-order valence-corrected chi connectivity index (χ3v) is 4.00. The molecule has 2 rings (SSSR count). The molecule has 92 valence electrons. The van der Waals surface area contributed by atoms with Crippen LogP contribution in [0.15, 0.2) is 29.8 Å². The van der Waals surface area contributed by atoms with Crippen LogP contribution in [0, 0.1) is 0 Å². The predicted molar refractivity (Wildman–Crippen MR) is 60.4 cm³/mol. The van der Waals surface area contributed by atoms with Crippen LogP contribution in [0.1, 0.15) is 5.69 Å². The molecule has 7 nitrogen and oxygen atoms in total. The molecule has 0 aliphatic heterocycles. The summed E-state index contributed by atoms with van der Waals surface area (Å²) in [4.78, 5) is 3.85. The van der Waals surface area contributed by atoms with E-state index in [0.29, 0.717) is 0 Å². The van der Waals surface area contributed by atoms with Crippen LogP contribution in [0.25, 0.3) is 0 Å². The highest BCUT2D eigenvalue weighted by atomic mass is 32.2. The van der Waals surface area contributed by atoms with Gasteiger partial charge in [-0.2, -0.15) is 9.40 Å². The maximum absolute atomic E-state index is 12.1. The number of nitrogens with zero attached hydrogens (tertiary/aromatic N) is 4. The van der Waals surface area contributed by atoms with Crippen LogP contribution in [-0.4, -0.2) is 39.5 Å². The van der Waals surface area contributed by atoms with E-state index in [2.05, 4.69) is 15.2 Å². The standard InChI is InChI=1S/C9H13N5O2S/c1-13-6-9(10-7-13)17(15,16)14(2)5-8-3-4-11-12-8/h3-4,6-7H,5H2,1-2H3,(H,11,12). The molecule has 0 spiro atoms. The topological polar surface area (TPSA) is 83.9 Å². The fourth-order valence-electron chi connectivity index (χ4n) is 1.38. The van der Waals surface area contributed by atoms with E-state index < -0.39 is 10.0 Å². The van der Waals surface area contributed by atoms with Crippen molar-refractivity contribution in [2.75, 3.05) is 7.05 Å². The Kier molecular flexibility index (Phi) is 2.99. The second-order valence-corrected chi connectivity index (χ2v) is 5.71. The number of nitrogens with one attached hydrogen (secondary N) is 1. The van der Waals surface area contributed by atoms with E-state index in [1.54, 1.807) is 23.9 Å². The molecule has 2 aromatic rings. The smallest absolute Gasteiger partial charge is 0.262 e. The van der Waals surface area contributed by atoms with Gasteiger partial charge in [-0.3, -0.25) is 5.10 Å². The molecule has 0 fully saturated rings. The first-order valence-electron chi connectivity index (χ1n) is 4.92. The summed E-state index contributed by atoms with van der Waals surface area (Å²) in [6, 6.07) is 1.73. The van der Waals surface area contributed by atoms with Crippen LogP contribution in [0.3, 0.4) is 0 Å². The molecule has 0 saturated heterocycles. The predicted octanol–water partition coefficient (Wildman–Crippen LogP) is -0.0361. The van der Waals surface area contributed by atoms with E-state index in [-0.39, 0.29) is 11.6 Å². The van der Waals surface area contributed by atoms with Crippen LogP contribution in [-0.2, 0) is 23.6 Å². The highest BCUT2D eigenvalue weighted by Gasteiger charge is 2.23. The van der Waals surface area contributed by atoms with E-state index >= 15 is 0 Å². The van der Waals surface area contributed by atoms with Crippen LogP contribution >= 0.6 is 0 Å². The highest BCUT2D eigenvalue weighted by Crippen LogP contribution is 2.13. The quantitative estimate of drug-likeness (QED) is 0.831. The summed E-state index contributed by atoms with van der Waals surface area (Å²) >= 11 is 0. The number of hydrogen-bond acceptors (Lipinski definition) is 4. The molecule has 0 aromatic carbocycles. The Morgan fingerprint density at radius 2 is 2.29 bits per heavy atom. The third-order valence-electron chi connectivity index (χ3n) is 2.31. The summed E-state index contributed by atoms with van der Waals surface area (Å²) in [5.74, 6) is 0. The van der Waals surface area contributed by atoms with Crippen molar-refractivity contribution in [1.29, 1.82) is 0 Å². The van der Waals surface area contributed by atoms with Crippen molar-refractivity contribution >= 4 is 10.0 Å². The van der Waals surface area contributed by atoms with Gasteiger partial charge < -0.3 is 4.57 Å². The Bertz CT molecular complexity index is 587. The second-order valence-electron chi connectivity index (χ2n) is 3.72. The van der Waals surface area contributed by atoms with Gasteiger partial charge in [0.1, 0.15) is 0 Å². The average Bonchev–Trinajstić information content (AvgIpc) is 2.89. The van der Waals surface area contributed by atoms with Crippen molar-refractivity contribution in [2.45, 2.75) is 11.6 Å². The minimum atomic E-state index is -3.54. The molecule has 2 heterocycles. The molecule has 0 atom stereocenters. The Morgan fingerprint density at radius 3 is 2.82 bits per heavy atom. The van der Waals surface area contributed by atoms with Crippen molar-refractivity contribution in [3.63, 3.8) is 0 Å². The van der Waals surface area contributed by atoms with Gasteiger partial charge in [-0.15, -0.1) is 0 Å². The van der Waals surface area contributed by atoms with Gasteiger partial charge in [0, 0.05) is 26.5 Å². The van der Waals surface area contributed by atoms with Crippen molar-refractivity contribution in [1.82, 2.24) is 24.1 Å². The van der Waals surface area contributed by atoms with Crippen LogP contribution < -0.4 is 0 Å². The van der Waals surface area contributed by atoms with E-state index in [9.17, 15) is 8.42 Å². The van der Waals surface area contributed by atoms with E-state index in [0.717, 1.165) is 5.69 Å². The summed E-state index contributed by atoms with van der Waals surface area (Å²) in [6.07, 6.45) is 4.51. The van der Waals surface area contributed by atoms with E-state index in [1.165, 1.54) is 23.9 Å². The van der Waals surface area contributed by atoms with Gasteiger partial charge in [0.2, 0.25) is 0 Å². The first kappa shape index (κ1) is 11.8. The monoisotopic (exact) mass is 255 g/mol. The highest BCUT2D eigenvalue weighted by molar-refractivity contribution is 7.89. The minimum Gasteiger partial charge on any atom is -0.339 e. The first-order chi connectivity index (χ1) is 8.00. The number of rotatable bonds is 4. The molecule has 8 heteroatoms. The van der Waals surface area contributed by atoms with Crippen molar-refractivity contribution in [2.24, 2.45) is 7.05 Å². The minimum absolute atomic E-state index is 0.0435. The zero-order valence-electron chi connectivity index (χ0n) is 9.53. The molecule has 0 radical (unpaired) electrons. The lowest BCUT2D eigenvalue weighted by atomic mass is 10.4. The van der Waals surface area contributed by atoms with Gasteiger partial charge in [0.15, 0.2) is 5.03 Å². The van der Waals surface area contributed by atoms with Gasteiger partial charge in [0.05, 0.1) is 18.6 Å². The molecule has 0 bridgehead atoms. The zero-order chi connectivity index (χ0) is 12.5. The summed E-state index contributed by atoms with van der Waals surface area (Å²) in [5, 5.41) is 6.53. The van der Waals surface area contributed by atoms with Gasteiger partial charge >= 0.3 is 0 Å². The Morgan fingerprint density at radius 1 is 1.53 bits per heavy atom. The van der Waals surface area contributed by atoms with Crippen LogP contribution in [0.5, 0.6) is 0 Å². The summed E-state index contributed by atoms with van der Waals surface area (Å²) in [6.45, 7) is 0.235. The number of imidazole rings is 1.